The maximum Gasteiger partial charge on any atom is 0.346 e. The van der Waals surface area contributed by atoms with Gasteiger partial charge in [0.1, 0.15) is 6.04 Å². The number of hydrogen-bond acceptors (Lipinski definition) is 6. The van der Waals surface area contributed by atoms with Crippen molar-refractivity contribution in [3.8, 4) is 0 Å². The molecule has 0 aromatic heterocycles. The highest BCUT2D eigenvalue weighted by molar-refractivity contribution is 7.80. The highest BCUT2D eigenvalue weighted by Crippen LogP contribution is 2.30. The van der Waals surface area contributed by atoms with Crippen LogP contribution in [0.5, 0.6) is 0 Å². The van der Waals surface area contributed by atoms with Crippen molar-refractivity contribution in [2.45, 2.75) is 104 Å². The molecule has 0 aromatic carbocycles. The van der Waals surface area contributed by atoms with Crippen molar-refractivity contribution in [1.29, 1.82) is 0 Å². The van der Waals surface area contributed by atoms with Crippen molar-refractivity contribution in [1.82, 2.24) is 9.96 Å². The average Bonchev–Trinajstić information content (AvgIpc) is 3.01. The third-order valence-electron chi connectivity index (χ3n) is 6.77. The molecule has 0 saturated carbocycles. The highest BCUT2D eigenvalue weighted by atomic mass is 32.3. The highest BCUT2D eigenvalue weighted by Gasteiger charge is 2.48. The van der Waals surface area contributed by atoms with Gasteiger partial charge in [-0.2, -0.15) is 9.35 Å². The Morgan fingerprint density at radius 3 is 1.76 bits per heavy atom. The van der Waals surface area contributed by atoms with E-state index in [1.54, 1.807) is 0 Å². The molecule has 2 aliphatic rings. The predicted octanol–water partition coefficient (Wildman–Crippen LogP) is 3.14. The number of urea groups is 1. The fourth-order valence-corrected chi connectivity index (χ4v) is 5.15. The predicted molar refractivity (Wildman–Crippen MR) is 130 cm³/mol. The van der Waals surface area contributed by atoms with Gasteiger partial charge in [-0.3, -0.25) is 4.79 Å². The smallest absolute Gasteiger partial charge is 0.346 e. The summed E-state index contributed by atoms with van der Waals surface area (Å²) in [6.07, 6.45) is 11.7. The Bertz CT molecular complexity index is 695. The monoisotopic (exact) mass is 506 g/mol. The number of rotatable bonds is 15. The van der Waals surface area contributed by atoms with Gasteiger partial charge in [0, 0.05) is 6.54 Å². The van der Waals surface area contributed by atoms with Crippen molar-refractivity contribution in [2.24, 2.45) is 5.73 Å². The molecule has 2 N–H and O–H groups in total. The van der Waals surface area contributed by atoms with E-state index >= 15 is 0 Å². The zero-order valence-electron chi connectivity index (χ0n) is 21.5. The summed E-state index contributed by atoms with van der Waals surface area (Å²) < 4.78 is 36.8. The van der Waals surface area contributed by atoms with Crippen LogP contribution in [-0.2, 0) is 19.5 Å². The lowest BCUT2D eigenvalue weighted by Gasteiger charge is -2.39. The molecule has 2 saturated heterocycles. The Labute approximate surface area is 206 Å². The van der Waals surface area contributed by atoms with Crippen LogP contribution in [0, 0.1) is 0 Å². The molecule has 0 unspecified atom stereocenters. The van der Waals surface area contributed by atoms with E-state index in [4.69, 9.17) is 5.73 Å². The van der Waals surface area contributed by atoms with Gasteiger partial charge >= 0.3 is 6.03 Å². The number of piperidine rings is 1. The molecular formula is C23H46N4O6S. The first-order valence-corrected chi connectivity index (χ1v) is 14.3. The second-order valence-corrected chi connectivity index (χ2v) is 10.5. The van der Waals surface area contributed by atoms with Crippen LogP contribution >= 0.6 is 0 Å². The molecule has 11 heteroatoms. The van der Waals surface area contributed by atoms with E-state index in [9.17, 15) is 22.6 Å². The summed E-state index contributed by atoms with van der Waals surface area (Å²) in [5.41, 5.74) is 5.11. The van der Waals surface area contributed by atoms with Gasteiger partial charge in [0.05, 0.1) is 32.2 Å². The van der Waals surface area contributed by atoms with Crippen molar-refractivity contribution in [2.75, 3.05) is 32.7 Å². The number of unbranched alkanes of at least 4 members (excludes halogenated alkanes) is 4. The van der Waals surface area contributed by atoms with Gasteiger partial charge in [-0.1, -0.05) is 53.4 Å². The molecule has 0 aliphatic carbocycles. The maximum absolute atomic E-state index is 11.7. The van der Waals surface area contributed by atoms with E-state index in [-0.39, 0.29) is 6.54 Å². The number of primary amides is 1. The summed E-state index contributed by atoms with van der Waals surface area (Å²) in [7, 11) is -5.00. The lowest BCUT2D eigenvalue weighted by atomic mass is 10.0. The van der Waals surface area contributed by atoms with Gasteiger partial charge in [0.25, 0.3) is 0 Å². The minimum Gasteiger partial charge on any atom is -0.724 e. The average molecular weight is 507 g/mol. The van der Waals surface area contributed by atoms with Crippen LogP contribution in [0.4, 0.5) is 4.79 Å². The van der Waals surface area contributed by atoms with E-state index in [0.29, 0.717) is 17.9 Å². The zero-order valence-corrected chi connectivity index (χ0v) is 22.4. The van der Waals surface area contributed by atoms with Gasteiger partial charge in [-0.25, -0.2) is 13.2 Å². The molecule has 0 spiro atoms. The standard InChI is InChI=1S/C16H36N.C7H11N3O6S/c1-5-9-13-17(14-10-6-2,15-11-7-3)16-12-8-4;8-6(11)5-2-1-4-3-9(5)7(12)10(4)16-17(13,14)15/h5-16H2,1-4H3;4-5H,1-3H2,(H2,8,11)(H,13,14,15)/q+1;/p-1/t;4-,5-/m.1/s1. The number of hydrogen-bond donors (Lipinski definition) is 1. The zero-order chi connectivity index (χ0) is 25.8. The molecule has 10 nitrogen and oxygen atoms in total. The SMILES string of the molecule is CCCC[N+](CCCC)(CCCC)CCCC.NC(=O)[C@H]1CC[C@@H]2CN1C(=O)N2OS(=O)(=O)[O-]. The first-order valence-electron chi connectivity index (χ1n) is 12.9. The Balaban J connectivity index is 0.000000340. The number of nitrogens with zero attached hydrogens (tertiary/aromatic N) is 3. The van der Waals surface area contributed by atoms with Gasteiger partial charge in [-0.15, -0.1) is 0 Å². The molecule has 2 aliphatic heterocycles. The minimum absolute atomic E-state index is 0.127. The van der Waals surface area contributed by atoms with Crippen molar-refractivity contribution >= 4 is 22.3 Å². The number of fused-ring (bicyclic) bond motifs is 2. The lowest BCUT2D eigenvalue weighted by Crippen LogP contribution is -2.50. The second kappa shape index (κ2) is 14.9. The van der Waals surface area contributed by atoms with Crippen LogP contribution < -0.4 is 5.73 Å². The van der Waals surface area contributed by atoms with E-state index in [1.165, 1.54) is 82.0 Å². The van der Waals surface area contributed by atoms with Crippen LogP contribution in [0.3, 0.4) is 0 Å². The van der Waals surface area contributed by atoms with Crippen molar-refractivity contribution < 1.29 is 31.3 Å². The molecule has 0 radical (unpaired) electrons. The normalized spacial score (nSPS) is 20.3. The first-order chi connectivity index (χ1) is 16.0. The molecular weight excluding hydrogens is 460 g/mol. The van der Waals surface area contributed by atoms with E-state index in [1.807, 2.05) is 0 Å². The molecule has 2 heterocycles. The Hall–Kier alpha value is -1.43. The number of carbonyl (C=O) groups excluding carboxylic acids is 2. The third kappa shape index (κ3) is 9.67. The first kappa shape index (κ1) is 30.6. The van der Waals surface area contributed by atoms with Gasteiger partial charge in [0.15, 0.2) is 0 Å². The largest absolute Gasteiger partial charge is 0.724 e. The van der Waals surface area contributed by atoms with Crippen LogP contribution in [0.2, 0.25) is 0 Å². The molecule has 34 heavy (non-hydrogen) atoms. The summed E-state index contributed by atoms with van der Waals surface area (Å²) in [6.45, 7) is 15.1. The topological polar surface area (TPSA) is 133 Å². The van der Waals surface area contributed by atoms with Crippen LogP contribution in [0.15, 0.2) is 0 Å². The molecule has 3 amide bonds. The summed E-state index contributed by atoms with van der Waals surface area (Å²) >= 11 is 0. The van der Waals surface area contributed by atoms with Crippen LogP contribution in [0.25, 0.3) is 0 Å². The van der Waals surface area contributed by atoms with Gasteiger partial charge in [0.2, 0.25) is 16.3 Å². The summed E-state index contributed by atoms with van der Waals surface area (Å²) in [4.78, 5) is 23.9. The Morgan fingerprint density at radius 2 is 1.41 bits per heavy atom. The molecule has 0 aromatic rings. The van der Waals surface area contributed by atoms with E-state index in [0.717, 1.165) is 4.90 Å². The van der Waals surface area contributed by atoms with E-state index in [2.05, 4.69) is 32.0 Å². The second-order valence-electron chi connectivity index (χ2n) is 9.54. The van der Waals surface area contributed by atoms with Crippen LogP contribution in [0.1, 0.15) is 91.9 Å². The van der Waals surface area contributed by atoms with E-state index < -0.39 is 34.4 Å². The Morgan fingerprint density at radius 1 is 0.971 bits per heavy atom. The molecule has 2 atom stereocenters. The Kier molecular flexibility index (Phi) is 13.4. The number of hydroxylamine groups is 2. The van der Waals surface area contributed by atoms with Crippen molar-refractivity contribution in [3.05, 3.63) is 0 Å². The van der Waals surface area contributed by atoms with Gasteiger partial charge in [-0.05, 0) is 38.5 Å². The van der Waals surface area contributed by atoms with Gasteiger partial charge < -0.3 is 19.7 Å². The molecule has 2 rings (SSSR count). The van der Waals surface area contributed by atoms with Crippen molar-refractivity contribution in [3.63, 3.8) is 0 Å². The lowest BCUT2D eigenvalue weighted by molar-refractivity contribution is -0.929. The maximum atomic E-state index is 11.7. The fraction of sp³-hybridized carbons (Fsp3) is 0.913. The number of carbonyl (C=O) groups is 2. The summed E-state index contributed by atoms with van der Waals surface area (Å²) in [5, 5.41) is 0.505. The third-order valence-corrected chi connectivity index (χ3v) is 7.11. The fourth-order valence-electron chi connectivity index (χ4n) is 4.77. The number of quaternary nitrogens is 1. The summed E-state index contributed by atoms with van der Waals surface area (Å²) in [5.74, 6) is -0.663. The molecule has 2 bridgehead atoms. The quantitative estimate of drug-likeness (QED) is 0.206. The van der Waals surface area contributed by atoms with Crippen LogP contribution in [-0.4, -0.2) is 84.2 Å². The molecule has 2 fully saturated rings. The number of amides is 3. The minimum atomic E-state index is -5.00. The molecule has 200 valence electrons. The summed E-state index contributed by atoms with van der Waals surface area (Å²) in [6, 6.07) is -2.14. The number of nitrogens with two attached hydrogens (primary N) is 1.